The summed E-state index contributed by atoms with van der Waals surface area (Å²) >= 11 is 6.17. The maximum atomic E-state index is 13.8. The molecule has 2 fully saturated rings. The van der Waals surface area contributed by atoms with Crippen molar-refractivity contribution in [3.05, 3.63) is 70.2 Å². The second-order valence-electron chi connectivity index (χ2n) is 13.9. The molecule has 0 aromatic heterocycles. The van der Waals surface area contributed by atoms with Gasteiger partial charge in [0.15, 0.2) is 0 Å². The van der Waals surface area contributed by atoms with Crippen LogP contribution in [0.5, 0.6) is 0 Å². The van der Waals surface area contributed by atoms with Crippen LogP contribution in [0.15, 0.2) is 48.5 Å². The molecule has 1 saturated heterocycles. The number of amides is 2. The Kier molecular flexibility index (Phi) is 9.96. The van der Waals surface area contributed by atoms with Crippen molar-refractivity contribution in [2.75, 3.05) is 19.6 Å². The summed E-state index contributed by atoms with van der Waals surface area (Å²) in [5.74, 6) is 0.762. The Morgan fingerprint density at radius 2 is 1.67 bits per heavy atom. The molecule has 0 radical (unpaired) electrons. The molecule has 2 amide bonds. The maximum Gasteiger partial charge on any atom is 0.237 e. The van der Waals surface area contributed by atoms with E-state index in [9.17, 15) is 9.59 Å². The van der Waals surface area contributed by atoms with Crippen LogP contribution in [-0.4, -0.2) is 54.0 Å². The van der Waals surface area contributed by atoms with Gasteiger partial charge in [-0.15, -0.1) is 0 Å². The summed E-state index contributed by atoms with van der Waals surface area (Å²) in [6, 6.07) is 16.0. The number of rotatable bonds is 8. The van der Waals surface area contributed by atoms with Gasteiger partial charge in [0, 0.05) is 29.7 Å². The normalized spacial score (nSPS) is 22.1. The van der Waals surface area contributed by atoms with Crippen molar-refractivity contribution in [1.82, 2.24) is 20.9 Å². The van der Waals surface area contributed by atoms with E-state index >= 15 is 0 Å². The number of carbonyl (C=O) groups is 2. The summed E-state index contributed by atoms with van der Waals surface area (Å²) in [5, 5.41) is 10.9. The fourth-order valence-corrected chi connectivity index (χ4v) is 7.52. The van der Waals surface area contributed by atoms with Gasteiger partial charge in [-0.1, -0.05) is 67.3 Å². The molecule has 3 aliphatic rings. The Hall–Kier alpha value is -2.41. The SMILES string of the molecule is CC(C)(C)NC(=O)C1(C2CCCCC2)CCN(C[C@H](Cc2ccc(Cl)cc2)NC(=O)[C@@H]2Cc3ccccc3CN2)CC1. The molecule has 0 spiro atoms. The summed E-state index contributed by atoms with van der Waals surface area (Å²) in [6.07, 6.45) is 9.25. The van der Waals surface area contributed by atoms with Gasteiger partial charge in [-0.2, -0.15) is 0 Å². The fraction of sp³-hybridized carbons (Fsp3) is 0.600. The number of nitrogens with one attached hydrogen (secondary N) is 3. The molecule has 2 atom stereocenters. The zero-order valence-electron chi connectivity index (χ0n) is 25.7. The van der Waals surface area contributed by atoms with E-state index in [0.29, 0.717) is 23.9 Å². The van der Waals surface area contributed by atoms with Crippen molar-refractivity contribution in [2.24, 2.45) is 11.3 Å². The zero-order chi connectivity index (χ0) is 29.7. The van der Waals surface area contributed by atoms with E-state index in [-0.39, 0.29) is 34.9 Å². The molecule has 5 rings (SSSR count). The first-order valence-corrected chi connectivity index (χ1v) is 16.4. The maximum absolute atomic E-state index is 13.8. The molecule has 228 valence electrons. The van der Waals surface area contributed by atoms with Crippen LogP contribution in [0.1, 0.15) is 82.4 Å². The van der Waals surface area contributed by atoms with Crippen LogP contribution in [0.25, 0.3) is 0 Å². The lowest BCUT2D eigenvalue weighted by molar-refractivity contribution is -0.141. The van der Waals surface area contributed by atoms with Gasteiger partial charge in [-0.25, -0.2) is 0 Å². The highest BCUT2D eigenvalue weighted by Gasteiger charge is 2.48. The van der Waals surface area contributed by atoms with Crippen molar-refractivity contribution in [2.45, 2.75) is 103 Å². The molecular formula is C35H49ClN4O2. The number of benzene rings is 2. The van der Waals surface area contributed by atoms with E-state index in [1.54, 1.807) is 0 Å². The Labute approximate surface area is 257 Å². The van der Waals surface area contributed by atoms with E-state index in [0.717, 1.165) is 57.3 Å². The molecule has 2 aromatic rings. The van der Waals surface area contributed by atoms with Gasteiger partial charge in [-0.3, -0.25) is 9.59 Å². The summed E-state index contributed by atoms with van der Waals surface area (Å²) in [7, 11) is 0. The number of likely N-dealkylation sites (tertiary alicyclic amines) is 1. The molecule has 42 heavy (non-hydrogen) atoms. The van der Waals surface area contributed by atoms with Gasteiger partial charge in [0.1, 0.15) is 0 Å². The quantitative estimate of drug-likeness (QED) is 0.370. The number of nitrogens with zero attached hydrogens (tertiary/aromatic N) is 1. The lowest BCUT2D eigenvalue weighted by Crippen LogP contribution is -2.58. The number of carbonyl (C=O) groups excluding carboxylic acids is 2. The average Bonchev–Trinajstić information content (AvgIpc) is 2.98. The zero-order valence-corrected chi connectivity index (χ0v) is 26.4. The van der Waals surface area contributed by atoms with E-state index in [1.807, 2.05) is 18.2 Å². The average molecular weight is 593 g/mol. The lowest BCUT2D eigenvalue weighted by atomic mass is 9.63. The van der Waals surface area contributed by atoms with Crippen LogP contribution in [-0.2, 0) is 29.0 Å². The van der Waals surface area contributed by atoms with Crippen molar-refractivity contribution in [3.8, 4) is 0 Å². The van der Waals surface area contributed by atoms with E-state index < -0.39 is 0 Å². The third-order valence-corrected chi connectivity index (χ3v) is 9.95. The number of hydrogen-bond donors (Lipinski definition) is 3. The van der Waals surface area contributed by atoms with Crippen molar-refractivity contribution in [3.63, 3.8) is 0 Å². The van der Waals surface area contributed by atoms with E-state index in [1.165, 1.54) is 30.4 Å². The van der Waals surface area contributed by atoms with E-state index in [2.05, 4.69) is 72.0 Å². The van der Waals surface area contributed by atoms with Crippen LogP contribution in [0, 0.1) is 11.3 Å². The Morgan fingerprint density at radius 1 is 1.00 bits per heavy atom. The summed E-state index contributed by atoms with van der Waals surface area (Å²) in [6.45, 7) is 9.46. The van der Waals surface area contributed by atoms with Crippen molar-refractivity contribution >= 4 is 23.4 Å². The Bertz CT molecular complexity index is 1210. The minimum Gasteiger partial charge on any atom is -0.351 e. The fourth-order valence-electron chi connectivity index (χ4n) is 7.39. The Morgan fingerprint density at radius 3 is 2.33 bits per heavy atom. The van der Waals surface area contributed by atoms with Crippen LogP contribution in [0.2, 0.25) is 5.02 Å². The molecule has 1 aliphatic carbocycles. The minimum atomic E-state index is -0.293. The molecule has 3 N–H and O–H groups in total. The van der Waals surface area contributed by atoms with Crippen molar-refractivity contribution in [1.29, 1.82) is 0 Å². The van der Waals surface area contributed by atoms with Crippen LogP contribution >= 0.6 is 11.6 Å². The Balaban J connectivity index is 1.27. The van der Waals surface area contributed by atoms with Gasteiger partial charge in [0.25, 0.3) is 0 Å². The molecule has 0 bridgehead atoms. The molecule has 1 saturated carbocycles. The van der Waals surface area contributed by atoms with Gasteiger partial charge in [0.05, 0.1) is 11.5 Å². The molecule has 2 aliphatic heterocycles. The van der Waals surface area contributed by atoms with Gasteiger partial charge < -0.3 is 20.9 Å². The van der Waals surface area contributed by atoms with Crippen LogP contribution in [0.4, 0.5) is 0 Å². The van der Waals surface area contributed by atoms with Crippen molar-refractivity contribution < 1.29 is 9.59 Å². The molecule has 2 heterocycles. The third kappa shape index (κ3) is 7.75. The molecular weight excluding hydrogens is 544 g/mol. The highest BCUT2D eigenvalue weighted by Crippen LogP contribution is 2.46. The first kappa shape index (κ1) is 31.0. The lowest BCUT2D eigenvalue weighted by Gasteiger charge is -2.48. The summed E-state index contributed by atoms with van der Waals surface area (Å²) < 4.78 is 0. The van der Waals surface area contributed by atoms with Gasteiger partial charge in [0.2, 0.25) is 11.8 Å². The summed E-state index contributed by atoms with van der Waals surface area (Å²) in [4.78, 5) is 29.9. The molecule has 0 unspecified atom stereocenters. The van der Waals surface area contributed by atoms with Gasteiger partial charge >= 0.3 is 0 Å². The first-order valence-electron chi connectivity index (χ1n) is 16.0. The number of fused-ring (bicyclic) bond motifs is 1. The molecule has 6 nitrogen and oxygen atoms in total. The number of halogens is 1. The molecule has 2 aromatic carbocycles. The predicted molar refractivity (Wildman–Crippen MR) is 170 cm³/mol. The highest BCUT2D eigenvalue weighted by molar-refractivity contribution is 6.30. The van der Waals surface area contributed by atoms with Gasteiger partial charge in [-0.05, 0) is 107 Å². The second-order valence-corrected chi connectivity index (χ2v) is 14.4. The predicted octanol–water partition coefficient (Wildman–Crippen LogP) is 5.66. The van der Waals surface area contributed by atoms with Crippen LogP contribution < -0.4 is 16.0 Å². The monoisotopic (exact) mass is 592 g/mol. The standard InChI is InChI=1S/C35H49ClN4O2/c1-34(2,3)39-33(42)35(28-11-5-4-6-12-28)17-19-40(20-18-35)24-30(21-25-13-15-29(36)16-14-25)38-32(41)31-22-26-9-7-8-10-27(26)23-37-31/h7-10,13-16,28,30-31,37H,4-6,11-12,17-24H2,1-3H3,(H,38,41)(H,39,42)/t30-,31-/m0/s1. The largest absolute Gasteiger partial charge is 0.351 e. The summed E-state index contributed by atoms with van der Waals surface area (Å²) in [5.41, 5.74) is 3.14. The number of hydrogen-bond acceptors (Lipinski definition) is 4. The second kappa shape index (κ2) is 13.5. The highest BCUT2D eigenvalue weighted by atomic mass is 35.5. The molecule has 7 heteroatoms. The van der Waals surface area contributed by atoms with E-state index in [4.69, 9.17) is 11.6 Å². The third-order valence-electron chi connectivity index (χ3n) is 9.69. The smallest absolute Gasteiger partial charge is 0.237 e. The topological polar surface area (TPSA) is 73.5 Å². The number of piperidine rings is 1. The minimum absolute atomic E-state index is 0.0387. The van der Waals surface area contributed by atoms with Crippen LogP contribution in [0.3, 0.4) is 0 Å². The first-order chi connectivity index (χ1) is 20.1.